The molecule has 2 unspecified atom stereocenters. The molecular formula is C12H21NO5S. The molecule has 0 bridgehead atoms. The molecule has 6 nitrogen and oxygen atoms in total. The van der Waals surface area contributed by atoms with Crippen molar-refractivity contribution in [3.05, 3.63) is 0 Å². The number of likely N-dealkylation sites (tertiary alicyclic amines) is 1. The molecule has 0 aromatic heterocycles. The maximum atomic E-state index is 12.2. The molecule has 0 spiro atoms. The summed E-state index contributed by atoms with van der Waals surface area (Å²) in [5.74, 6) is -2.07. The summed E-state index contributed by atoms with van der Waals surface area (Å²) < 4.78 is 10.6. The van der Waals surface area contributed by atoms with Crippen molar-refractivity contribution in [2.75, 3.05) is 26.5 Å². The minimum Gasteiger partial charge on any atom is -0.480 e. The lowest BCUT2D eigenvalue weighted by molar-refractivity contribution is -0.239. The molecule has 7 heteroatoms. The summed E-state index contributed by atoms with van der Waals surface area (Å²) in [5, 5.41) is 9.31. The van der Waals surface area contributed by atoms with Crippen LogP contribution in [0.1, 0.15) is 19.8 Å². The van der Waals surface area contributed by atoms with Crippen LogP contribution in [0.2, 0.25) is 0 Å². The number of aliphatic carboxylic acids is 1. The SMILES string of the molecule is COC1(OC)CCN(C(=O)C(C)CS)C(C(=O)O)C1. The summed E-state index contributed by atoms with van der Waals surface area (Å²) in [5.41, 5.74) is 0. The number of carbonyl (C=O) groups is 2. The van der Waals surface area contributed by atoms with Gasteiger partial charge in [0, 0.05) is 45.3 Å². The highest BCUT2D eigenvalue weighted by molar-refractivity contribution is 7.80. The van der Waals surface area contributed by atoms with Crippen molar-refractivity contribution >= 4 is 24.5 Å². The largest absolute Gasteiger partial charge is 0.480 e. The highest BCUT2D eigenvalue weighted by Crippen LogP contribution is 2.31. The zero-order valence-electron chi connectivity index (χ0n) is 11.5. The average molecular weight is 291 g/mol. The molecule has 110 valence electrons. The minimum absolute atomic E-state index is 0.125. The van der Waals surface area contributed by atoms with Gasteiger partial charge < -0.3 is 19.5 Å². The Kier molecular flexibility index (Phi) is 5.64. The number of carbonyl (C=O) groups excluding carboxylic acids is 1. The Hall–Kier alpha value is -0.790. The van der Waals surface area contributed by atoms with Crippen molar-refractivity contribution in [2.24, 2.45) is 5.92 Å². The molecule has 1 rings (SSSR count). The van der Waals surface area contributed by atoms with Crippen LogP contribution in [0, 0.1) is 5.92 Å². The van der Waals surface area contributed by atoms with Crippen molar-refractivity contribution in [2.45, 2.75) is 31.6 Å². The summed E-state index contributed by atoms with van der Waals surface area (Å²) in [6, 6.07) is -0.927. The van der Waals surface area contributed by atoms with Crippen LogP contribution in [-0.2, 0) is 19.1 Å². The first-order chi connectivity index (χ1) is 8.90. The highest BCUT2D eigenvalue weighted by atomic mass is 32.1. The Balaban J connectivity index is 2.91. The zero-order valence-corrected chi connectivity index (χ0v) is 12.4. The molecule has 1 heterocycles. The minimum atomic E-state index is -1.04. The number of hydrogen-bond donors (Lipinski definition) is 2. The molecule has 1 fully saturated rings. The van der Waals surface area contributed by atoms with E-state index in [1.54, 1.807) is 6.92 Å². The summed E-state index contributed by atoms with van der Waals surface area (Å²) in [4.78, 5) is 24.9. The molecule has 2 atom stereocenters. The third kappa shape index (κ3) is 3.40. The van der Waals surface area contributed by atoms with Gasteiger partial charge in [0.05, 0.1) is 0 Å². The summed E-state index contributed by atoms with van der Waals surface area (Å²) in [6.45, 7) is 2.04. The molecule has 0 saturated carbocycles. The molecule has 1 aliphatic heterocycles. The Morgan fingerprint density at radius 1 is 1.47 bits per heavy atom. The van der Waals surface area contributed by atoms with E-state index in [2.05, 4.69) is 12.6 Å². The van der Waals surface area contributed by atoms with Crippen LogP contribution in [0.5, 0.6) is 0 Å². The van der Waals surface area contributed by atoms with Crippen molar-refractivity contribution < 1.29 is 24.2 Å². The Morgan fingerprint density at radius 2 is 2.05 bits per heavy atom. The number of thiol groups is 1. The number of carboxylic acids is 1. The van der Waals surface area contributed by atoms with Crippen LogP contribution >= 0.6 is 12.6 Å². The second-order valence-electron chi connectivity index (χ2n) is 4.74. The quantitative estimate of drug-likeness (QED) is 0.573. The second kappa shape index (κ2) is 6.58. The lowest BCUT2D eigenvalue weighted by atomic mass is 9.94. The number of methoxy groups -OCH3 is 2. The number of carboxylic acid groups (broad SMARTS) is 1. The molecular weight excluding hydrogens is 270 g/mol. The third-order valence-electron chi connectivity index (χ3n) is 3.62. The van der Waals surface area contributed by atoms with Gasteiger partial charge in [-0.05, 0) is 0 Å². The number of nitrogens with zero attached hydrogens (tertiary/aromatic N) is 1. The van der Waals surface area contributed by atoms with E-state index in [9.17, 15) is 14.7 Å². The van der Waals surface area contributed by atoms with Gasteiger partial charge in [0.1, 0.15) is 6.04 Å². The predicted molar refractivity (Wildman–Crippen MR) is 72.1 cm³/mol. The van der Waals surface area contributed by atoms with Crippen molar-refractivity contribution in [1.29, 1.82) is 0 Å². The fraction of sp³-hybridized carbons (Fsp3) is 0.833. The Bertz CT molecular complexity index is 345. The first-order valence-corrected chi connectivity index (χ1v) is 6.78. The molecule has 19 heavy (non-hydrogen) atoms. The maximum absolute atomic E-state index is 12.2. The molecule has 1 N–H and O–H groups in total. The van der Waals surface area contributed by atoms with Gasteiger partial charge in [-0.1, -0.05) is 6.92 Å². The van der Waals surface area contributed by atoms with E-state index in [0.29, 0.717) is 18.7 Å². The van der Waals surface area contributed by atoms with Gasteiger partial charge in [0.15, 0.2) is 5.79 Å². The van der Waals surface area contributed by atoms with Crippen LogP contribution < -0.4 is 0 Å². The first kappa shape index (κ1) is 16.3. The van der Waals surface area contributed by atoms with Gasteiger partial charge in [0.25, 0.3) is 0 Å². The maximum Gasteiger partial charge on any atom is 0.326 e. The summed E-state index contributed by atoms with van der Waals surface area (Å²) >= 11 is 4.08. The molecule has 0 aliphatic carbocycles. The van der Waals surface area contributed by atoms with Crippen LogP contribution in [0.15, 0.2) is 0 Å². The molecule has 1 amide bonds. The van der Waals surface area contributed by atoms with Crippen molar-refractivity contribution in [3.63, 3.8) is 0 Å². The Labute approximate surface area is 118 Å². The van der Waals surface area contributed by atoms with E-state index >= 15 is 0 Å². The van der Waals surface area contributed by atoms with E-state index in [1.165, 1.54) is 19.1 Å². The van der Waals surface area contributed by atoms with Gasteiger partial charge in [-0.2, -0.15) is 12.6 Å². The fourth-order valence-corrected chi connectivity index (χ4v) is 2.41. The predicted octanol–water partition coefficient (Wildman–Crippen LogP) is 0.617. The van der Waals surface area contributed by atoms with Gasteiger partial charge in [0.2, 0.25) is 5.91 Å². The Morgan fingerprint density at radius 3 is 2.47 bits per heavy atom. The van der Waals surface area contributed by atoms with Gasteiger partial charge in [-0.15, -0.1) is 0 Å². The highest BCUT2D eigenvalue weighted by Gasteiger charge is 2.45. The van der Waals surface area contributed by atoms with E-state index in [4.69, 9.17) is 9.47 Å². The normalized spacial score (nSPS) is 24.0. The van der Waals surface area contributed by atoms with E-state index in [0.717, 1.165) is 0 Å². The number of ether oxygens (including phenoxy) is 2. The molecule has 0 radical (unpaired) electrons. The summed E-state index contributed by atoms with van der Waals surface area (Å²) in [6.07, 6.45) is 0.579. The number of piperidine rings is 1. The van der Waals surface area contributed by atoms with E-state index in [-0.39, 0.29) is 18.2 Å². The topological polar surface area (TPSA) is 76.1 Å². The average Bonchev–Trinajstić information content (AvgIpc) is 2.44. The number of amides is 1. The van der Waals surface area contributed by atoms with Crippen LogP contribution in [-0.4, -0.2) is 60.2 Å². The van der Waals surface area contributed by atoms with Crippen molar-refractivity contribution in [1.82, 2.24) is 4.90 Å². The third-order valence-corrected chi connectivity index (χ3v) is 4.17. The van der Waals surface area contributed by atoms with Gasteiger partial charge >= 0.3 is 5.97 Å². The molecule has 0 aromatic rings. The monoisotopic (exact) mass is 291 g/mol. The number of rotatable bonds is 5. The molecule has 1 aliphatic rings. The van der Waals surface area contributed by atoms with Crippen molar-refractivity contribution in [3.8, 4) is 0 Å². The van der Waals surface area contributed by atoms with Crippen LogP contribution in [0.4, 0.5) is 0 Å². The van der Waals surface area contributed by atoms with Crippen LogP contribution in [0.3, 0.4) is 0 Å². The lowest BCUT2D eigenvalue weighted by Crippen LogP contribution is -2.58. The van der Waals surface area contributed by atoms with Crippen LogP contribution in [0.25, 0.3) is 0 Å². The molecule has 1 saturated heterocycles. The zero-order chi connectivity index (χ0) is 14.6. The fourth-order valence-electron chi connectivity index (χ4n) is 2.25. The molecule has 0 aromatic carbocycles. The van der Waals surface area contributed by atoms with Gasteiger partial charge in [-0.25, -0.2) is 4.79 Å². The van der Waals surface area contributed by atoms with E-state index in [1.807, 2.05) is 0 Å². The first-order valence-electron chi connectivity index (χ1n) is 6.15. The smallest absolute Gasteiger partial charge is 0.326 e. The second-order valence-corrected chi connectivity index (χ2v) is 5.11. The van der Waals surface area contributed by atoms with Gasteiger partial charge in [-0.3, -0.25) is 4.79 Å². The van der Waals surface area contributed by atoms with E-state index < -0.39 is 17.8 Å². The lowest BCUT2D eigenvalue weighted by Gasteiger charge is -2.43. The standard InChI is InChI=1S/C12H21NO5S/c1-8(7-19)10(14)13-5-4-12(17-2,18-3)6-9(13)11(15)16/h8-9,19H,4-7H2,1-3H3,(H,15,16). The summed E-state index contributed by atoms with van der Waals surface area (Å²) in [7, 11) is 2.96. The number of hydrogen-bond acceptors (Lipinski definition) is 5.